The van der Waals surface area contributed by atoms with Crippen LogP contribution in [0, 0.1) is 11.8 Å². The fourth-order valence-electron chi connectivity index (χ4n) is 4.66. The zero-order chi connectivity index (χ0) is 31.4. The number of ether oxygens (including phenoxy) is 4. The number of aliphatic carboxylic acids is 1. The predicted molar refractivity (Wildman–Crippen MR) is 169 cm³/mol. The van der Waals surface area contributed by atoms with Crippen molar-refractivity contribution < 1.29 is 43.2 Å². The van der Waals surface area contributed by atoms with Crippen molar-refractivity contribution in [3.63, 3.8) is 0 Å². The Morgan fingerprint density at radius 1 is 0.659 bits per heavy atom. The molecule has 0 radical (unpaired) electrons. The molecule has 1 aliphatic heterocycles. The Hall–Kier alpha value is -3.96. The minimum Gasteiger partial charge on any atom is -0.490 e. The van der Waals surface area contributed by atoms with Gasteiger partial charge in [0.05, 0.1) is 42.1 Å². The van der Waals surface area contributed by atoms with E-state index >= 15 is 0 Å². The summed E-state index contributed by atoms with van der Waals surface area (Å²) in [6, 6.07) is 11.1. The molecule has 2 atom stereocenters. The molecule has 0 bridgehead atoms. The zero-order valence-electron chi connectivity index (χ0n) is 24.8. The first-order valence-electron chi connectivity index (χ1n) is 14.5. The second-order valence-electron chi connectivity index (χ2n) is 11.0. The minimum atomic E-state index is -0.997. The van der Waals surface area contributed by atoms with Gasteiger partial charge in [-0.15, -0.1) is 22.7 Å². The number of rotatable bonds is 8. The summed E-state index contributed by atoms with van der Waals surface area (Å²) in [7, 11) is 0. The van der Waals surface area contributed by atoms with Crippen molar-refractivity contribution in [2.75, 3.05) is 26.4 Å². The normalized spacial score (nSPS) is 15.3. The molecule has 4 aromatic rings. The van der Waals surface area contributed by atoms with Gasteiger partial charge in [-0.1, -0.05) is 13.8 Å². The molecular formula is C33H34O9S2. The maximum atomic E-state index is 12.8. The van der Waals surface area contributed by atoms with Gasteiger partial charge in [0.2, 0.25) is 0 Å². The van der Waals surface area contributed by atoms with Crippen molar-refractivity contribution in [3.8, 4) is 23.0 Å². The molecule has 9 nitrogen and oxygen atoms in total. The van der Waals surface area contributed by atoms with E-state index in [0.717, 1.165) is 20.2 Å². The molecule has 0 saturated heterocycles. The third-order valence-corrected chi connectivity index (χ3v) is 9.70. The lowest BCUT2D eigenvalue weighted by atomic mass is 10.0. The molecule has 0 aliphatic carbocycles. The number of Topliss-reactive ketones (excluding diaryl/α,β-unsaturated/α-hetero) is 3. The average molecular weight is 639 g/mol. The topological polar surface area (TPSA) is 125 Å². The Morgan fingerprint density at radius 3 is 1.43 bits per heavy atom. The molecule has 44 heavy (non-hydrogen) atoms. The van der Waals surface area contributed by atoms with E-state index in [4.69, 9.17) is 24.1 Å². The summed E-state index contributed by atoms with van der Waals surface area (Å²) in [5.74, 6) is -0.0440. The van der Waals surface area contributed by atoms with Crippen molar-refractivity contribution in [2.24, 2.45) is 11.8 Å². The number of carboxylic acid groups (broad SMARTS) is 1. The second kappa shape index (κ2) is 13.8. The smallest absolute Gasteiger partial charge is 0.306 e. The number of hydrogen-bond acceptors (Lipinski definition) is 10. The Bertz CT molecular complexity index is 1510. The van der Waals surface area contributed by atoms with Gasteiger partial charge in [0.25, 0.3) is 0 Å². The van der Waals surface area contributed by atoms with Gasteiger partial charge in [0.15, 0.2) is 34.6 Å². The second-order valence-corrected chi connectivity index (χ2v) is 13.2. The fraction of sp³-hybridized carbons (Fsp3) is 0.394. The van der Waals surface area contributed by atoms with Crippen LogP contribution >= 0.6 is 22.7 Å². The molecule has 0 spiro atoms. The highest BCUT2D eigenvalue weighted by Gasteiger charge is 2.21. The van der Waals surface area contributed by atoms with E-state index < -0.39 is 11.9 Å². The van der Waals surface area contributed by atoms with Crippen LogP contribution in [0.15, 0.2) is 36.4 Å². The van der Waals surface area contributed by atoms with E-state index in [0.29, 0.717) is 72.0 Å². The number of thiophene rings is 2. The van der Waals surface area contributed by atoms with Crippen LogP contribution in [0.2, 0.25) is 0 Å². The maximum Gasteiger partial charge on any atom is 0.306 e. The van der Waals surface area contributed by atoms with Gasteiger partial charge in [0.1, 0.15) is 5.78 Å². The van der Waals surface area contributed by atoms with Crippen LogP contribution in [-0.4, -0.2) is 54.9 Å². The molecular weight excluding hydrogens is 604 g/mol. The number of carbonyl (C=O) groups is 4. The summed E-state index contributed by atoms with van der Waals surface area (Å²) >= 11 is 2.69. The first kappa shape index (κ1) is 31.5. The van der Waals surface area contributed by atoms with Gasteiger partial charge in [-0.2, -0.15) is 0 Å². The number of carbonyl (C=O) groups excluding carboxylic acids is 3. The summed E-state index contributed by atoms with van der Waals surface area (Å²) in [5, 5.41) is 10.9. The van der Waals surface area contributed by atoms with Crippen molar-refractivity contribution in [1.82, 2.24) is 0 Å². The summed E-state index contributed by atoms with van der Waals surface area (Å²) in [6.07, 6.45) is 1.27. The maximum absolute atomic E-state index is 12.8. The summed E-state index contributed by atoms with van der Waals surface area (Å²) < 4.78 is 26.1. The highest BCUT2D eigenvalue weighted by atomic mass is 32.1. The summed E-state index contributed by atoms with van der Waals surface area (Å²) in [6.45, 7) is 6.25. The van der Waals surface area contributed by atoms with Crippen LogP contribution in [-0.2, 0) is 9.59 Å². The molecule has 2 aromatic carbocycles. The fourth-order valence-corrected chi connectivity index (χ4v) is 6.70. The van der Waals surface area contributed by atoms with E-state index in [1.54, 1.807) is 13.0 Å². The third kappa shape index (κ3) is 7.39. The van der Waals surface area contributed by atoms with Crippen LogP contribution in [0.3, 0.4) is 0 Å². The molecule has 0 unspecified atom stereocenters. The highest BCUT2D eigenvalue weighted by Crippen LogP contribution is 2.39. The molecule has 11 heteroatoms. The molecule has 232 valence electrons. The van der Waals surface area contributed by atoms with E-state index in [-0.39, 0.29) is 36.1 Å². The summed E-state index contributed by atoms with van der Waals surface area (Å²) in [5.41, 5.74) is 0. The van der Waals surface area contributed by atoms with Crippen LogP contribution in [0.1, 0.15) is 65.8 Å². The van der Waals surface area contributed by atoms with E-state index in [2.05, 4.69) is 0 Å². The Balaban J connectivity index is 1.30. The number of fused-ring (bicyclic) bond motifs is 4. The molecule has 5 rings (SSSR count). The van der Waals surface area contributed by atoms with E-state index in [1.165, 1.54) is 36.5 Å². The lowest BCUT2D eigenvalue weighted by molar-refractivity contribution is -0.141. The molecule has 2 aromatic heterocycles. The third-order valence-electron chi connectivity index (χ3n) is 7.42. The van der Waals surface area contributed by atoms with Crippen molar-refractivity contribution in [2.45, 2.75) is 46.5 Å². The number of carboxylic acids is 1. The molecule has 1 aliphatic rings. The lowest BCUT2D eigenvalue weighted by Crippen LogP contribution is -2.13. The average Bonchev–Trinajstić information content (AvgIpc) is 3.59. The first-order chi connectivity index (χ1) is 21.1. The number of benzene rings is 2. The van der Waals surface area contributed by atoms with Crippen molar-refractivity contribution >= 4 is 66.2 Å². The zero-order valence-corrected chi connectivity index (χ0v) is 26.4. The van der Waals surface area contributed by atoms with E-state index in [9.17, 15) is 19.2 Å². The SMILES string of the molecule is CC(=O)[C@@H](C)CC(=O)c1cc2cc3c(cc2s1)OCCCOc1cc2cc(C(=O)C[C@H](C)C(=O)O)sc2cc1OCCCO3. The van der Waals surface area contributed by atoms with Crippen LogP contribution in [0.4, 0.5) is 0 Å². The largest absolute Gasteiger partial charge is 0.490 e. The molecule has 3 heterocycles. The van der Waals surface area contributed by atoms with Gasteiger partial charge in [-0.05, 0) is 42.0 Å². The van der Waals surface area contributed by atoms with Crippen molar-refractivity contribution in [3.05, 3.63) is 46.2 Å². The predicted octanol–water partition coefficient (Wildman–Crippen LogP) is 7.22. The summed E-state index contributed by atoms with van der Waals surface area (Å²) in [4.78, 5) is 49.4. The highest BCUT2D eigenvalue weighted by molar-refractivity contribution is 7.21. The minimum absolute atomic E-state index is 0.00374. The molecule has 0 amide bonds. The quantitative estimate of drug-likeness (QED) is 0.199. The van der Waals surface area contributed by atoms with Gasteiger partial charge < -0.3 is 24.1 Å². The van der Waals surface area contributed by atoms with Gasteiger partial charge >= 0.3 is 5.97 Å². The molecule has 0 fully saturated rings. The Morgan fingerprint density at radius 2 is 1.05 bits per heavy atom. The van der Waals surface area contributed by atoms with Gasteiger partial charge in [-0.25, -0.2) is 0 Å². The monoisotopic (exact) mass is 638 g/mol. The van der Waals surface area contributed by atoms with Crippen LogP contribution in [0.5, 0.6) is 23.0 Å². The van der Waals surface area contributed by atoms with Crippen LogP contribution in [0.25, 0.3) is 20.2 Å². The van der Waals surface area contributed by atoms with Crippen LogP contribution < -0.4 is 18.9 Å². The van der Waals surface area contributed by atoms with Gasteiger partial charge in [0, 0.05) is 53.1 Å². The lowest BCUT2D eigenvalue weighted by Gasteiger charge is -2.16. The van der Waals surface area contributed by atoms with Crippen molar-refractivity contribution in [1.29, 1.82) is 0 Å². The van der Waals surface area contributed by atoms with E-state index in [1.807, 2.05) is 30.3 Å². The number of hydrogen-bond donors (Lipinski definition) is 1. The van der Waals surface area contributed by atoms with Gasteiger partial charge in [-0.3, -0.25) is 19.2 Å². The Labute approximate surface area is 262 Å². The molecule has 0 saturated carbocycles. The standard InChI is InChI=1S/C33H34O9S2/c1-18(20(3)34)10-23(35)31-14-21-12-25-27(16-29(21)43-31)41-8-5-7-40-26-13-22-15-32(24(36)11-19(2)33(37)38)44-30(22)17-28(26)42-9-4-6-39-25/h12-19H,4-11H2,1-3H3,(H,37,38)/t18-,19-/m0/s1. The Kier molecular flexibility index (Phi) is 9.85. The first-order valence-corrected chi connectivity index (χ1v) is 16.2. The number of ketones is 3. The molecule has 1 N–H and O–H groups in total.